The van der Waals surface area contributed by atoms with E-state index in [0.29, 0.717) is 6.54 Å². The monoisotopic (exact) mass is 522 g/mol. The first-order valence-electron chi connectivity index (χ1n) is 13.2. The molecule has 2 heterocycles. The molecule has 4 nitrogen and oxygen atoms in total. The second-order valence-electron chi connectivity index (χ2n) is 10.1. The first-order valence-corrected chi connectivity index (χ1v) is 13.2. The molecule has 2 aliphatic heterocycles. The third-order valence-corrected chi connectivity index (χ3v) is 7.37. The number of aliphatic hydroxyl groups is 1. The van der Waals surface area contributed by atoms with Gasteiger partial charge in [-0.3, -0.25) is 9.80 Å². The predicted octanol–water partition coefficient (Wildman–Crippen LogP) is 6.70. The van der Waals surface area contributed by atoms with Gasteiger partial charge in [0, 0.05) is 19.6 Å². The molecule has 1 saturated heterocycles. The van der Waals surface area contributed by atoms with Crippen molar-refractivity contribution in [2.24, 2.45) is 0 Å². The quantitative estimate of drug-likeness (QED) is 0.357. The van der Waals surface area contributed by atoms with Crippen molar-refractivity contribution in [1.82, 2.24) is 9.80 Å². The molecule has 0 spiro atoms. The maximum Gasteiger partial charge on any atom is 0.573 e. The van der Waals surface area contributed by atoms with Gasteiger partial charge in [-0.2, -0.15) is 0 Å². The summed E-state index contributed by atoms with van der Waals surface area (Å²) in [7, 11) is 0. The number of hydrogen-bond donors (Lipinski definition) is 1. The lowest BCUT2D eigenvalue weighted by molar-refractivity contribution is -0.274. The Morgan fingerprint density at radius 1 is 0.816 bits per heavy atom. The molecule has 0 bridgehead atoms. The van der Waals surface area contributed by atoms with Gasteiger partial charge in [-0.05, 0) is 77.9 Å². The third-order valence-electron chi connectivity index (χ3n) is 7.37. The fourth-order valence-electron chi connectivity index (χ4n) is 5.43. The molecule has 1 unspecified atom stereocenters. The topological polar surface area (TPSA) is 35.9 Å². The van der Waals surface area contributed by atoms with E-state index in [4.69, 9.17) is 0 Å². The Morgan fingerprint density at radius 3 is 2.21 bits per heavy atom. The molecule has 7 heteroatoms. The Morgan fingerprint density at radius 2 is 1.53 bits per heavy atom. The Bertz CT molecular complexity index is 1230. The average molecular weight is 523 g/mol. The number of halogens is 3. The molecule has 1 fully saturated rings. The van der Waals surface area contributed by atoms with Crippen LogP contribution in [0.3, 0.4) is 0 Å². The minimum Gasteiger partial charge on any atom is -0.406 e. The molecule has 38 heavy (non-hydrogen) atoms. The van der Waals surface area contributed by atoms with Crippen LogP contribution in [0.1, 0.15) is 53.1 Å². The number of ether oxygens (including phenoxy) is 1. The van der Waals surface area contributed by atoms with Crippen LogP contribution < -0.4 is 4.74 Å². The number of nitrogens with zero attached hydrogens (tertiary/aromatic N) is 2. The lowest BCUT2D eigenvalue weighted by Gasteiger charge is -2.35. The second kappa shape index (κ2) is 11.7. The third kappa shape index (κ3) is 6.84. The molecule has 2 aliphatic rings. The van der Waals surface area contributed by atoms with Crippen LogP contribution in [-0.4, -0.2) is 40.9 Å². The molecule has 0 aromatic heterocycles. The molecule has 3 aromatic carbocycles. The van der Waals surface area contributed by atoms with E-state index in [2.05, 4.69) is 44.9 Å². The first-order chi connectivity index (χ1) is 18.4. The van der Waals surface area contributed by atoms with Gasteiger partial charge in [-0.1, -0.05) is 66.7 Å². The summed E-state index contributed by atoms with van der Waals surface area (Å²) in [6.45, 7) is 4.53. The van der Waals surface area contributed by atoms with E-state index in [1.807, 2.05) is 30.3 Å². The number of rotatable bonds is 8. The molecule has 0 saturated carbocycles. The van der Waals surface area contributed by atoms with Crippen molar-refractivity contribution in [2.45, 2.75) is 51.4 Å². The van der Waals surface area contributed by atoms with Crippen LogP contribution in [0.5, 0.6) is 5.75 Å². The average Bonchev–Trinajstić information content (AvgIpc) is 3.42. The van der Waals surface area contributed by atoms with E-state index < -0.39 is 6.36 Å². The molecule has 0 amide bonds. The van der Waals surface area contributed by atoms with Crippen LogP contribution in [0.15, 0.2) is 78.9 Å². The molecule has 5 rings (SSSR count). The number of alkyl halides is 3. The highest BCUT2D eigenvalue weighted by Gasteiger charge is 2.31. The van der Waals surface area contributed by atoms with E-state index in [-0.39, 0.29) is 18.4 Å². The number of likely N-dealkylation sites (tertiary alicyclic amines) is 1. The van der Waals surface area contributed by atoms with Gasteiger partial charge in [-0.15, -0.1) is 13.2 Å². The lowest BCUT2D eigenvalue weighted by Crippen LogP contribution is -2.31. The minimum atomic E-state index is -4.72. The van der Waals surface area contributed by atoms with E-state index in [0.717, 1.165) is 54.9 Å². The van der Waals surface area contributed by atoms with Crippen LogP contribution in [-0.2, 0) is 19.7 Å². The Hall–Kier alpha value is -3.13. The van der Waals surface area contributed by atoms with Crippen molar-refractivity contribution >= 4 is 5.57 Å². The van der Waals surface area contributed by atoms with Gasteiger partial charge < -0.3 is 9.84 Å². The van der Waals surface area contributed by atoms with Gasteiger partial charge in [0.2, 0.25) is 0 Å². The molecule has 1 N–H and O–H groups in total. The summed E-state index contributed by atoms with van der Waals surface area (Å²) in [5.41, 5.74) is 6.44. The molecular weight excluding hydrogens is 489 g/mol. The highest BCUT2D eigenvalue weighted by atomic mass is 19.4. The second-order valence-corrected chi connectivity index (χ2v) is 10.1. The number of hydrogen-bond acceptors (Lipinski definition) is 4. The zero-order valence-electron chi connectivity index (χ0n) is 21.3. The summed E-state index contributed by atoms with van der Waals surface area (Å²) in [6, 6.07) is 22.9. The Balaban J connectivity index is 1.40. The van der Waals surface area contributed by atoms with Gasteiger partial charge in [0.15, 0.2) is 0 Å². The largest absolute Gasteiger partial charge is 0.573 e. The van der Waals surface area contributed by atoms with Gasteiger partial charge in [-0.25, -0.2) is 0 Å². The first kappa shape index (κ1) is 26.5. The summed E-state index contributed by atoms with van der Waals surface area (Å²) in [5, 5.41) is 9.40. The van der Waals surface area contributed by atoms with Crippen LogP contribution in [0.2, 0.25) is 0 Å². The molecule has 0 radical (unpaired) electrons. The van der Waals surface area contributed by atoms with Gasteiger partial charge in [0.1, 0.15) is 5.75 Å². The Kier molecular flexibility index (Phi) is 8.17. The van der Waals surface area contributed by atoms with Crippen LogP contribution in [0.4, 0.5) is 13.2 Å². The van der Waals surface area contributed by atoms with E-state index >= 15 is 0 Å². The summed E-state index contributed by atoms with van der Waals surface area (Å²) in [6.07, 6.45) is 0.893. The van der Waals surface area contributed by atoms with Crippen LogP contribution >= 0.6 is 0 Å². The van der Waals surface area contributed by atoms with Crippen molar-refractivity contribution in [1.29, 1.82) is 0 Å². The molecule has 0 aliphatic carbocycles. The summed E-state index contributed by atoms with van der Waals surface area (Å²) in [5.74, 6) is -0.199. The lowest BCUT2D eigenvalue weighted by atomic mass is 9.91. The minimum absolute atomic E-state index is 0.0105. The maximum absolute atomic E-state index is 12.8. The van der Waals surface area contributed by atoms with Crippen molar-refractivity contribution < 1.29 is 23.0 Å². The van der Waals surface area contributed by atoms with Gasteiger partial charge >= 0.3 is 6.36 Å². The van der Waals surface area contributed by atoms with Crippen molar-refractivity contribution in [3.63, 3.8) is 0 Å². The smallest absolute Gasteiger partial charge is 0.406 e. The fraction of sp³-hybridized carbons (Fsp3) is 0.355. The number of benzene rings is 3. The predicted molar refractivity (Wildman–Crippen MR) is 142 cm³/mol. The van der Waals surface area contributed by atoms with Gasteiger partial charge in [0.25, 0.3) is 0 Å². The van der Waals surface area contributed by atoms with Crippen molar-refractivity contribution in [3.05, 3.63) is 107 Å². The highest BCUT2D eigenvalue weighted by molar-refractivity contribution is 5.67. The van der Waals surface area contributed by atoms with Crippen LogP contribution in [0, 0.1) is 0 Å². The molecular formula is C31H33F3N2O2. The van der Waals surface area contributed by atoms with Gasteiger partial charge in [0.05, 0.1) is 12.6 Å². The van der Waals surface area contributed by atoms with E-state index in [1.54, 1.807) is 6.07 Å². The fourth-order valence-corrected chi connectivity index (χ4v) is 5.43. The van der Waals surface area contributed by atoms with E-state index in [9.17, 15) is 18.3 Å². The zero-order valence-corrected chi connectivity index (χ0v) is 21.3. The normalized spacial score (nSPS) is 18.9. The maximum atomic E-state index is 12.8. The van der Waals surface area contributed by atoms with Crippen molar-refractivity contribution in [2.75, 3.05) is 19.6 Å². The summed E-state index contributed by atoms with van der Waals surface area (Å²) >= 11 is 0. The highest BCUT2D eigenvalue weighted by Crippen LogP contribution is 2.35. The van der Waals surface area contributed by atoms with Crippen molar-refractivity contribution in [3.8, 4) is 5.75 Å². The van der Waals surface area contributed by atoms with Crippen LogP contribution in [0.25, 0.3) is 5.57 Å². The molecule has 1 atom stereocenters. The van der Waals surface area contributed by atoms with E-state index in [1.165, 1.54) is 36.1 Å². The summed E-state index contributed by atoms with van der Waals surface area (Å²) in [4.78, 5) is 4.78. The standard InChI is InChI=1S/C31H33F3N2O2/c32-31(33,34)38-29-5-3-4-25(18-29)21-36-17-14-28(26-10-8-24(22-37)9-11-26)19-30(36)27-12-6-23(7-13-27)20-35-15-1-2-16-35/h3-13,18-19,30,37H,1-2,14-17,20-22H2. The summed E-state index contributed by atoms with van der Waals surface area (Å²) < 4.78 is 42.5. The molecule has 200 valence electrons. The Labute approximate surface area is 222 Å². The zero-order chi connectivity index (χ0) is 26.5. The SMILES string of the molecule is OCc1ccc(C2=CC(c3ccc(CN4CCCC4)cc3)N(Cc3cccc(OC(F)(F)F)c3)CC2)cc1. The molecule has 3 aromatic rings. The number of aliphatic hydroxyl groups excluding tert-OH is 1.